The molecule has 118 valence electrons. The highest BCUT2D eigenvalue weighted by atomic mass is 16.2. The molecule has 1 N–H and O–H groups in total. The number of nitrogens with zero attached hydrogens (tertiary/aromatic N) is 2. The van der Waals surface area contributed by atoms with Crippen LogP contribution in [0, 0.1) is 0 Å². The molecule has 5 nitrogen and oxygen atoms in total. The standard InChI is InChI=1S/C18H19N3O2/c22-17(20-13-15-3-1-9-19-12-15)11-14-5-7-16(8-6-14)21-10-2-4-18(21)23/h1,3,5-9,12H,2,4,10-11,13H2,(H,20,22). The molecule has 1 saturated heterocycles. The quantitative estimate of drug-likeness (QED) is 0.919. The first kappa shape index (κ1) is 15.2. The number of carbonyl (C=O) groups excluding carboxylic acids is 2. The van der Waals surface area contributed by atoms with Crippen molar-refractivity contribution < 1.29 is 9.59 Å². The average molecular weight is 309 g/mol. The van der Waals surface area contributed by atoms with Crippen LogP contribution in [-0.4, -0.2) is 23.3 Å². The van der Waals surface area contributed by atoms with Gasteiger partial charge >= 0.3 is 0 Å². The van der Waals surface area contributed by atoms with Gasteiger partial charge in [0.1, 0.15) is 0 Å². The van der Waals surface area contributed by atoms with Crippen molar-refractivity contribution in [3.05, 3.63) is 59.9 Å². The normalized spacial score (nSPS) is 14.1. The fourth-order valence-electron chi connectivity index (χ4n) is 2.67. The fraction of sp³-hybridized carbons (Fsp3) is 0.278. The Kier molecular flexibility index (Phi) is 4.66. The molecule has 1 fully saturated rings. The zero-order valence-electron chi connectivity index (χ0n) is 12.9. The molecule has 1 aliphatic rings. The van der Waals surface area contributed by atoms with E-state index in [4.69, 9.17) is 0 Å². The van der Waals surface area contributed by atoms with Crippen LogP contribution in [0.15, 0.2) is 48.8 Å². The summed E-state index contributed by atoms with van der Waals surface area (Å²) in [5, 5.41) is 2.88. The van der Waals surface area contributed by atoms with Crippen molar-refractivity contribution in [1.29, 1.82) is 0 Å². The topological polar surface area (TPSA) is 62.3 Å². The molecule has 2 heterocycles. The van der Waals surface area contributed by atoms with Crippen molar-refractivity contribution in [1.82, 2.24) is 10.3 Å². The minimum atomic E-state index is -0.0288. The lowest BCUT2D eigenvalue weighted by Crippen LogP contribution is -2.25. The largest absolute Gasteiger partial charge is 0.352 e. The highest BCUT2D eigenvalue weighted by Gasteiger charge is 2.21. The van der Waals surface area contributed by atoms with Gasteiger partial charge in [0.25, 0.3) is 0 Å². The molecule has 0 spiro atoms. The van der Waals surface area contributed by atoms with Crippen LogP contribution in [0.3, 0.4) is 0 Å². The zero-order chi connectivity index (χ0) is 16.1. The molecule has 3 rings (SSSR count). The molecular formula is C18H19N3O2. The summed E-state index contributed by atoms with van der Waals surface area (Å²) < 4.78 is 0. The van der Waals surface area contributed by atoms with Gasteiger partial charge < -0.3 is 10.2 Å². The summed E-state index contributed by atoms with van der Waals surface area (Å²) in [6, 6.07) is 11.4. The van der Waals surface area contributed by atoms with Crippen LogP contribution in [0.4, 0.5) is 5.69 Å². The molecule has 5 heteroatoms. The van der Waals surface area contributed by atoms with Gasteiger partial charge in [-0.05, 0) is 35.7 Å². The van der Waals surface area contributed by atoms with Gasteiger partial charge in [0, 0.05) is 37.6 Å². The van der Waals surface area contributed by atoms with E-state index in [0.717, 1.165) is 29.8 Å². The minimum absolute atomic E-state index is 0.0288. The summed E-state index contributed by atoms with van der Waals surface area (Å²) in [6.45, 7) is 1.26. The number of anilines is 1. The number of hydrogen-bond acceptors (Lipinski definition) is 3. The predicted molar refractivity (Wildman–Crippen MR) is 87.8 cm³/mol. The number of rotatable bonds is 5. The second-order valence-electron chi connectivity index (χ2n) is 5.63. The Hall–Kier alpha value is -2.69. The molecule has 1 aliphatic heterocycles. The third-order valence-electron chi connectivity index (χ3n) is 3.90. The monoisotopic (exact) mass is 309 g/mol. The number of carbonyl (C=O) groups is 2. The van der Waals surface area contributed by atoms with E-state index in [1.165, 1.54) is 0 Å². The Morgan fingerprint density at radius 2 is 2.00 bits per heavy atom. The number of nitrogens with one attached hydrogen (secondary N) is 1. The Morgan fingerprint density at radius 3 is 2.65 bits per heavy atom. The van der Waals surface area contributed by atoms with Crippen molar-refractivity contribution in [2.24, 2.45) is 0 Å². The van der Waals surface area contributed by atoms with Gasteiger partial charge in [-0.2, -0.15) is 0 Å². The molecule has 2 aromatic rings. The van der Waals surface area contributed by atoms with E-state index in [1.807, 2.05) is 36.4 Å². The molecule has 0 aliphatic carbocycles. The lowest BCUT2D eigenvalue weighted by atomic mass is 10.1. The SMILES string of the molecule is O=C(Cc1ccc(N2CCCC2=O)cc1)NCc1cccnc1. The van der Waals surface area contributed by atoms with Gasteiger partial charge in [0.2, 0.25) is 11.8 Å². The molecule has 2 amide bonds. The van der Waals surface area contributed by atoms with E-state index in [2.05, 4.69) is 10.3 Å². The average Bonchev–Trinajstić information content (AvgIpc) is 3.01. The lowest BCUT2D eigenvalue weighted by molar-refractivity contribution is -0.120. The van der Waals surface area contributed by atoms with Gasteiger partial charge in [-0.3, -0.25) is 14.6 Å². The maximum absolute atomic E-state index is 12.0. The van der Waals surface area contributed by atoms with E-state index >= 15 is 0 Å². The summed E-state index contributed by atoms with van der Waals surface area (Å²) in [4.78, 5) is 29.5. The first-order valence-corrected chi connectivity index (χ1v) is 7.77. The zero-order valence-corrected chi connectivity index (χ0v) is 12.9. The van der Waals surface area contributed by atoms with Crippen molar-refractivity contribution in [3.8, 4) is 0 Å². The van der Waals surface area contributed by atoms with Crippen molar-refractivity contribution in [2.75, 3.05) is 11.4 Å². The highest BCUT2D eigenvalue weighted by Crippen LogP contribution is 2.21. The number of pyridine rings is 1. The Labute approximate surface area is 135 Å². The summed E-state index contributed by atoms with van der Waals surface area (Å²) in [5.41, 5.74) is 2.82. The third-order valence-corrected chi connectivity index (χ3v) is 3.90. The van der Waals surface area contributed by atoms with Crippen LogP contribution in [0.5, 0.6) is 0 Å². The van der Waals surface area contributed by atoms with Crippen LogP contribution in [0.25, 0.3) is 0 Å². The molecule has 0 unspecified atom stereocenters. The molecule has 0 radical (unpaired) electrons. The maximum Gasteiger partial charge on any atom is 0.227 e. The third kappa shape index (κ3) is 3.94. The number of aromatic nitrogens is 1. The second-order valence-corrected chi connectivity index (χ2v) is 5.63. The van der Waals surface area contributed by atoms with E-state index < -0.39 is 0 Å². The molecular weight excluding hydrogens is 290 g/mol. The van der Waals surface area contributed by atoms with Crippen LogP contribution >= 0.6 is 0 Å². The Balaban J connectivity index is 1.53. The van der Waals surface area contributed by atoms with Crippen molar-refractivity contribution in [3.63, 3.8) is 0 Å². The maximum atomic E-state index is 12.0. The van der Waals surface area contributed by atoms with Crippen LogP contribution < -0.4 is 10.2 Å². The second kappa shape index (κ2) is 7.05. The first-order chi connectivity index (χ1) is 11.2. The fourth-order valence-corrected chi connectivity index (χ4v) is 2.67. The first-order valence-electron chi connectivity index (χ1n) is 7.77. The number of benzene rings is 1. The van der Waals surface area contributed by atoms with Gasteiger partial charge in [-0.15, -0.1) is 0 Å². The number of hydrogen-bond donors (Lipinski definition) is 1. The summed E-state index contributed by atoms with van der Waals surface area (Å²) in [7, 11) is 0. The van der Waals surface area contributed by atoms with Gasteiger partial charge in [-0.1, -0.05) is 18.2 Å². The number of amides is 2. The lowest BCUT2D eigenvalue weighted by Gasteiger charge is -2.15. The van der Waals surface area contributed by atoms with Gasteiger partial charge in [0.05, 0.1) is 6.42 Å². The van der Waals surface area contributed by atoms with Gasteiger partial charge in [0.15, 0.2) is 0 Å². The molecule has 0 saturated carbocycles. The van der Waals surface area contributed by atoms with Crippen LogP contribution in [0.1, 0.15) is 24.0 Å². The van der Waals surface area contributed by atoms with E-state index in [-0.39, 0.29) is 11.8 Å². The molecule has 23 heavy (non-hydrogen) atoms. The Morgan fingerprint density at radius 1 is 1.17 bits per heavy atom. The van der Waals surface area contributed by atoms with Crippen LogP contribution in [0.2, 0.25) is 0 Å². The smallest absolute Gasteiger partial charge is 0.227 e. The summed E-state index contributed by atoms with van der Waals surface area (Å²) in [5.74, 6) is 0.144. The Bertz CT molecular complexity index is 683. The predicted octanol–water partition coefficient (Wildman–Crippen LogP) is 2.07. The van der Waals surface area contributed by atoms with Crippen molar-refractivity contribution in [2.45, 2.75) is 25.8 Å². The molecule has 0 bridgehead atoms. The van der Waals surface area contributed by atoms with Crippen molar-refractivity contribution >= 4 is 17.5 Å². The van der Waals surface area contributed by atoms with Gasteiger partial charge in [-0.25, -0.2) is 0 Å². The molecule has 1 aromatic carbocycles. The van der Waals surface area contributed by atoms with E-state index in [1.54, 1.807) is 17.3 Å². The summed E-state index contributed by atoms with van der Waals surface area (Å²) in [6.07, 6.45) is 5.31. The van der Waals surface area contributed by atoms with Crippen LogP contribution in [-0.2, 0) is 22.6 Å². The molecule has 1 aromatic heterocycles. The highest BCUT2D eigenvalue weighted by molar-refractivity contribution is 5.95. The molecule has 0 atom stereocenters. The van der Waals surface area contributed by atoms with E-state index in [9.17, 15) is 9.59 Å². The minimum Gasteiger partial charge on any atom is -0.352 e. The van der Waals surface area contributed by atoms with E-state index in [0.29, 0.717) is 19.4 Å². The summed E-state index contributed by atoms with van der Waals surface area (Å²) >= 11 is 0.